The molecule has 3 aromatic rings. The largest absolute Gasteiger partial charge is 0.461 e. The van der Waals surface area contributed by atoms with Gasteiger partial charge >= 0.3 is 0 Å². The third kappa shape index (κ3) is 3.12. The summed E-state index contributed by atoms with van der Waals surface area (Å²) in [5.74, 6) is 1.83. The SMILES string of the molecule is Cc1ccc(C2C3=C(CC(C)(C)CC3=O)Oc3ccc4cc(Br)ccc4c32)cc1. The number of allylic oxidation sites excluding steroid dienone is 2. The molecular weight excluding hydrogens is 424 g/mol. The topological polar surface area (TPSA) is 26.3 Å². The molecule has 1 unspecified atom stereocenters. The highest BCUT2D eigenvalue weighted by Crippen LogP contribution is 2.52. The first-order valence-corrected chi connectivity index (χ1v) is 10.8. The van der Waals surface area contributed by atoms with Gasteiger partial charge in [-0.3, -0.25) is 4.79 Å². The summed E-state index contributed by atoms with van der Waals surface area (Å²) in [4.78, 5) is 13.3. The van der Waals surface area contributed by atoms with Gasteiger partial charge < -0.3 is 4.74 Å². The van der Waals surface area contributed by atoms with Gasteiger partial charge in [-0.25, -0.2) is 0 Å². The molecule has 3 aromatic carbocycles. The summed E-state index contributed by atoms with van der Waals surface area (Å²) in [5, 5.41) is 2.28. The molecular formula is C26H23BrO2. The molecule has 1 heterocycles. The smallest absolute Gasteiger partial charge is 0.163 e. The van der Waals surface area contributed by atoms with Crippen molar-refractivity contribution in [1.82, 2.24) is 0 Å². The van der Waals surface area contributed by atoms with Crippen molar-refractivity contribution in [3.05, 3.63) is 87.1 Å². The van der Waals surface area contributed by atoms with E-state index in [0.717, 1.165) is 49.9 Å². The summed E-state index contributed by atoms with van der Waals surface area (Å²) in [5.41, 5.74) is 4.23. The number of ether oxygens (including phenoxy) is 1. The molecule has 29 heavy (non-hydrogen) atoms. The van der Waals surface area contributed by atoms with Gasteiger partial charge in [-0.1, -0.05) is 71.7 Å². The van der Waals surface area contributed by atoms with Gasteiger partial charge in [-0.15, -0.1) is 0 Å². The molecule has 0 spiro atoms. The molecule has 0 saturated carbocycles. The zero-order valence-electron chi connectivity index (χ0n) is 16.9. The molecule has 2 nitrogen and oxygen atoms in total. The second kappa shape index (κ2) is 6.56. The highest BCUT2D eigenvalue weighted by molar-refractivity contribution is 9.10. The van der Waals surface area contributed by atoms with E-state index in [1.165, 1.54) is 5.56 Å². The van der Waals surface area contributed by atoms with Crippen molar-refractivity contribution < 1.29 is 9.53 Å². The number of rotatable bonds is 1. The lowest BCUT2D eigenvalue weighted by atomic mass is 9.69. The van der Waals surface area contributed by atoms with Crippen LogP contribution in [0.2, 0.25) is 0 Å². The zero-order chi connectivity index (χ0) is 20.3. The standard InChI is InChI=1S/C26H23BrO2/c1-15-4-6-16(7-5-15)23-24-19-10-9-18(27)12-17(19)8-11-21(24)29-22-14-26(2,3)13-20(28)25(22)23/h4-12,23H,13-14H2,1-3H3. The fourth-order valence-electron chi connectivity index (χ4n) is 4.75. The minimum atomic E-state index is -0.0946. The van der Waals surface area contributed by atoms with E-state index in [-0.39, 0.29) is 17.1 Å². The Morgan fingerprint density at radius 2 is 1.76 bits per heavy atom. The van der Waals surface area contributed by atoms with Gasteiger partial charge in [0.1, 0.15) is 11.5 Å². The lowest BCUT2D eigenvalue weighted by Crippen LogP contribution is -2.33. The first-order valence-electron chi connectivity index (χ1n) is 10.1. The number of Topliss-reactive ketones (excluding diaryl/α,β-unsaturated/α-hetero) is 1. The van der Waals surface area contributed by atoms with E-state index in [4.69, 9.17) is 4.74 Å². The van der Waals surface area contributed by atoms with Gasteiger partial charge in [-0.05, 0) is 46.9 Å². The molecule has 0 amide bonds. The molecule has 0 aromatic heterocycles. The molecule has 0 N–H and O–H groups in total. The molecule has 0 bridgehead atoms. The van der Waals surface area contributed by atoms with Crippen molar-refractivity contribution in [2.75, 3.05) is 0 Å². The molecule has 0 fully saturated rings. The highest BCUT2D eigenvalue weighted by atomic mass is 79.9. The second-order valence-corrected chi connectivity index (χ2v) is 9.98. The van der Waals surface area contributed by atoms with E-state index in [1.807, 2.05) is 0 Å². The van der Waals surface area contributed by atoms with Crippen LogP contribution in [0.25, 0.3) is 10.8 Å². The van der Waals surface area contributed by atoms with Gasteiger partial charge in [-0.2, -0.15) is 0 Å². The molecule has 1 aliphatic carbocycles. The Kier molecular flexibility index (Phi) is 4.22. The van der Waals surface area contributed by atoms with Crippen LogP contribution in [0.1, 0.15) is 49.3 Å². The third-order valence-corrected chi connectivity index (χ3v) is 6.58. The lowest BCUT2D eigenvalue weighted by Gasteiger charge is -2.38. The van der Waals surface area contributed by atoms with E-state index < -0.39 is 0 Å². The Morgan fingerprint density at radius 1 is 1.00 bits per heavy atom. The number of halogens is 1. The van der Waals surface area contributed by atoms with Crippen molar-refractivity contribution >= 4 is 32.5 Å². The minimum Gasteiger partial charge on any atom is -0.461 e. The van der Waals surface area contributed by atoms with Crippen molar-refractivity contribution in [1.29, 1.82) is 0 Å². The quantitative estimate of drug-likeness (QED) is 0.399. The van der Waals surface area contributed by atoms with Crippen LogP contribution in [-0.4, -0.2) is 5.78 Å². The van der Waals surface area contributed by atoms with Crippen LogP contribution in [0.5, 0.6) is 5.75 Å². The molecule has 2 aliphatic rings. The molecule has 1 aliphatic heterocycles. The number of hydrogen-bond donors (Lipinski definition) is 0. The Morgan fingerprint density at radius 3 is 2.52 bits per heavy atom. The fraction of sp³-hybridized carbons (Fsp3) is 0.269. The lowest BCUT2D eigenvalue weighted by molar-refractivity contribution is -0.118. The van der Waals surface area contributed by atoms with Crippen LogP contribution in [0, 0.1) is 12.3 Å². The van der Waals surface area contributed by atoms with Crippen molar-refractivity contribution in [2.24, 2.45) is 5.41 Å². The average molecular weight is 447 g/mol. The second-order valence-electron chi connectivity index (χ2n) is 9.07. The maximum atomic E-state index is 13.3. The van der Waals surface area contributed by atoms with Gasteiger partial charge in [0.25, 0.3) is 0 Å². The number of fused-ring (bicyclic) bond motifs is 3. The van der Waals surface area contributed by atoms with E-state index >= 15 is 0 Å². The van der Waals surface area contributed by atoms with Crippen molar-refractivity contribution in [3.8, 4) is 5.75 Å². The number of benzene rings is 3. The van der Waals surface area contributed by atoms with Crippen LogP contribution in [-0.2, 0) is 4.79 Å². The number of carbonyl (C=O) groups is 1. The van der Waals surface area contributed by atoms with Gasteiger partial charge in [0.15, 0.2) is 5.78 Å². The minimum absolute atomic E-state index is 0.0764. The summed E-state index contributed by atoms with van der Waals surface area (Å²) in [6.45, 7) is 6.38. The molecule has 5 rings (SSSR count). The molecule has 3 heteroatoms. The van der Waals surface area contributed by atoms with Crippen LogP contribution < -0.4 is 4.74 Å². The van der Waals surface area contributed by atoms with Crippen molar-refractivity contribution in [2.45, 2.75) is 39.5 Å². The summed E-state index contributed by atoms with van der Waals surface area (Å²) in [6.07, 6.45) is 1.34. The Balaban J connectivity index is 1.81. The van der Waals surface area contributed by atoms with Crippen LogP contribution in [0.3, 0.4) is 0 Å². The highest BCUT2D eigenvalue weighted by Gasteiger charge is 2.42. The van der Waals surface area contributed by atoms with Crippen LogP contribution in [0.4, 0.5) is 0 Å². The van der Waals surface area contributed by atoms with E-state index in [9.17, 15) is 4.79 Å². The molecule has 0 radical (unpaired) electrons. The van der Waals surface area contributed by atoms with Crippen molar-refractivity contribution in [3.63, 3.8) is 0 Å². The number of aryl methyl sites for hydroxylation is 1. The maximum Gasteiger partial charge on any atom is 0.163 e. The third-order valence-electron chi connectivity index (χ3n) is 6.08. The van der Waals surface area contributed by atoms with Crippen LogP contribution >= 0.6 is 15.9 Å². The monoisotopic (exact) mass is 446 g/mol. The number of hydrogen-bond acceptors (Lipinski definition) is 2. The van der Waals surface area contributed by atoms with Gasteiger partial charge in [0.2, 0.25) is 0 Å². The Hall–Kier alpha value is -2.39. The zero-order valence-corrected chi connectivity index (χ0v) is 18.5. The fourth-order valence-corrected chi connectivity index (χ4v) is 5.13. The van der Waals surface area contributed by atoms with Gasteiger partial charge in [0, 0.05) is 34.4 Å². The number of carbonyl (C=O) groups excluding carboxylic acids is 1. The Bertz CT molecular complexity index is 1190. The summed E-state index contributed by atoms with van der Waals surface area (Å²) in [6, 6.07) is 19.0. The summed E-state index contributed by atoms with van der Waals surface area (Å²) < 4.78 is 7.45. The maximum absolute atomic E-state index is 13.3. The number of ketones is 1. The van der Waals surface area contributed by atoms with Gasteiger partial charge in [0.05, 0.1) is 0 Å². The summed E-state index contributed by atoms with van der Waals surface area (Å²) in [7, 11) is 0. The molecule has 146 valence electrons. The van der Waals surface area contributed by atoms with E-state index in [2.05, 4.69) is 91.3 Å². The Labute approximate surface area is 179 Å². The first-order chi connectivity index (χ1) is 13.8. The first kappa shape index (κ1) is 18.6. The van der Waals surface area contributed by atoms with Crippen LogP contribution in [0.15, 0.2) is 70.4 Å². The summed E-state index contributed by atoms with van der Waals surface area (Å²) >= 11 is 3.58. The predicted octanol–water partition coefficient (Wildman–Crippen LogP) is 7.08. The van der Waals surface area contributed by atoms with E-state index in [1.54, 1.807) is 0 Å². The normalized spacial score (nSPS) is 20.3. The molecule has 1 atom stereocenters. The average Bonchev–Trinajstić information content (AvgIpc) is 2.66. The molecule has 0 saturated heterocycles. The van der Waals surface area contributed by atoms with E-state index in [0.29, 0.717) is 6.42 Å². The predicted molar refractivity (Wildman–Crippen MR) is 120 cm³/mol.